The van der Waals surface area contributed by atoms with Gasteiger partial charge in [0.05, 0.1) is 11.8 Å². The number of nitrogens with one attached hydrogen (secondary N) is 1. The van der Waals surface area contributed by atoms with Gasteiger partial charge in [-0.3, -0.25) is 9.59 Å². The third-order valence-corrected chi connectivity index (χ3v) is 2.77. The molecule has 14 heavy (non-hydrogen) atoms. The second-order valence-corrected chi connectivity index (χ2v) is 4.05. The molecule has 4 nitrogen and oxygen atoms in total. The van der Waals surface area contributed by atoms with Gasteiger partial charge in [-0.15, -0.1) is 0 Å². The highest BCUT2D eigenvalue weighted by Crippen LogP contribution is 2.38. The van der Waals surface area contributed by atoms with Crippen molar-refractivity contribution in [3.05, 3.63) is 0 Å². The molecule has 0 saturated heterocycles. The SMILES string of the molecule is CCC(C)CNC(=O)[C@@H]1C[C@@H]1C(=O)O. The molecule has 0 aromatic heterocycles. The van der Waals surface area contributed by atoms with Crippen LogP contribution in [0.3, 0.4) is 0 Å². The molecule has 0 bridgehead atoms. The van der Waals surface area contributed by atoms with E-state index in [2.05, 4.69) is 19.2 Å². The Bertz CT molecular complexity index is 240. The van der Waals surface area contributed by atoms with E-state index in [1.54, 1.807) is 0 Å². The standard InChI is InChI=1S/C10H17NO3/c1-3-6(2)5-11-9(12)7-4-8(7)10(13)14/h6-8H,3-5H2,1-2H3,(H,11,12)(H,13,14)/t6?,7-,8+/m1/s1. The number of amides is 1. The number of hydrogen-bond acceptors (Lipinski definition) is 2. The smallest absolute Gasteiger partial charge is 0.307 e. The molecule has 80 valence electrons. The fraction of sp³-hybridized carbons (Fsp3) is 0.800. The van der Waals surface area contributed by atoms with Crippen LogP contribution in [0.2, 0.25) is 0 Å². The van der Waals surface area contributed by atoms with Crippen LogP contribution in [0, 0.1) is 17.8 Å². The van der Waals surface area contributed by atoms with Gasteiger partial charge < -0.3 is 10.4 Å². The molecule has 1 aliphatic carbocycles. The second kappa shape index (κ2) is 4.44. The highest BCUT2D eigenvalue weighted by Gasteiger charge is 2.48. The van der Waals surface area contributed by atoms with Crippen molar-refractivity contribution in [2.75, 3.05) is 6.54 Å². The Hall–Kier alpha value is -1.06. The van der Waals surface area contributed by atoms with Crippen molar-refractivity contribution in [1.82, 2.24) is 5.32 Å². The Morgan fingerprint density at radius 1 is 1.50 bits per heavy atom. The van der Waals surface area contributed by atoms with Gasteiger partial charge in [0, 0.05) is 6.54 Å². The first kappa shape index (κ1) is 11.0. The molecule has 3 atom stereocenters. The van der Waals surface area contributed by atoms with E-state index < -0.39 is 11.9 Å². The first-order valence-electron chi connectivity index (χ1n) is 5.06. The Balaban J connectivity index is 2.21. The zero-order chi connectivity index (χ0) is 10.7. The van der Waals surface area contributed by atoms with E-state index in [4.69, 9.17) is 5.11 Å². The molecule has 0 aliphatic heterocycles. The minimum absolute atomic E-state index is 0.0994. The number of aliphatic carboxylic acids is 1. The Labute approximate surface area is 83.7 Å². The molecule has 0 spiro atoms. The number of carbonyl (C=O) groups excluding carboxylic acids is 1. The molecule has 1 aliphatic rings. The van der Waals surface area contributed by atoms with Crippen LogP contribution in [0.4, 0.5) is 0 Å². The van der Waals surface area contributed by atoms with Gasteiger partial charge in [-0.05, 0) is 12.3 Å². The summed E-state index contributed by atoms with van der Waals surface area (Å²) in [5, 5.41) is 11.4. The molecule has 1 unspecified atom stereocenters. The van der Waals surface area contributed by atoms with Crippen molar-refractivity contribution >= 4 is 11.9 Å². The first-order chi connectivity index (χ1) is 6.56. The molecule has 1 fully saturated rings. The van der Waals surface area contributed by atoms with Crippen LogP contribution in [0.15, 0.2) is 0 Å². The lowest BCUT2D eigenvalue weighted by Crippen LogP contribution is -2.30. The fourth-order valence-electron chi connectivity index (χ4n) is 1.31. The maximum atomic E-state index is 11.4. The molecule has 2 N–H and O–H groups in total. The molecular weight excluding hydrogens is 182 g/mol. The van der Waals surface area contributed by atoms with Crippen LogP contribution < -0.4 is 5.32 Å². The zero-order valence-corrected chi connectivity index (χ0v) is 8.62. The van der Waals surface area contributed by atoms with Crippen molar-refractivity contribution in [3.8, 4) is 0 Å². The minimum atomic E-state index is -0.853. The van der Waals surface area contributed by atoms with Gasteiger partial charge >= 0.3 is 5.97 Å². The summed E-state index contributed by atoms with van der Waals surface area (Å²) in [4.78, 5) is 21.9. The summed E-state index contributed by atoms with van der Waals surface area (Å²) in [6, 6.07) is 0. The third-order valence-electron chi connectivity index (χ3n) is 2.77. The van der Waals surface area contributed by atoms with E-state index in [1.165, 1.54) is 0 Å². The molecule has 0 aromatic rings. The topological polar surface area (TPSA) is 66.4 Å². The predicted octanol–water partition coefficient (Wildman–Crippen LogP) is 0.869. The minimum Gasteiger partial charge on any atom is -0.481 e. The Morgan fingerprint density at radius 3 is 2.57 bits per heavy atom. The molecule has 0 aromatic carbocycles. The maximum absolute atomic E-state index is 11.4. The van der Waals surface area contributed by atoms with Gasteiger partial charge in [-0.25, -0.2) is 0 Å². The lowest BCUT2D eigenvalue weighted by molar-refractivity contribution is -0.140. The predicted molar refractivity (Wildman–Crippen MR) is 51.7 cm³/mol. The molecule has 1 saturated carbocycles. The second-order valence-electron chi connectivity index (χ2n) is 4.05. The molecule has 1 amide bonds. The van der Waals surface area contributed by atoms with Crippen LogP contribution in [-0.4, -0.2) is 23.5 Å². The number of carboxylic acid groups (broad SMARTS) is 1. The van der Waals surface area contributed by atoms with Crippen molar-refractivity contribution in [2.45, 2.75) is 26.7 Å². The van der Waals surface area contributed by atoms with E-state index in [0.29, 0.717) is 18.9 Å². The summed E-state index contributed by atoms with van der Waals surface area (Å²) >= 11 is 0. The van der Waals surface area contributed by atoms with Gasteiger partial charge in [0.1, 0.15) is 0 Å². The number of rotatable bonds is 5. The molecule has 0 radical (unpaired) electrons. The quantitative estimate of drug-likeness (QED) is 0.690. The highest BCUT2D eigenvalue weighted by molar-refractivity contribution is 5.89. The van der Waals surface area contributed by atoms with Gasteiger partial charge in [0.2, 0.25) is 5.91 Å². The van der Waals surface area contributed by atoms with E-state index in [0.717, 1.165) is 6.42 Å². The largest absolute Gasteiger partial charge is 0.481 e. The van der Waals surface area contributed by atoms with Crippen LogP contribution in [0.25, 0.3) is 0 Å². The molecule has 0 heterocycles. The number of hydrogen-bond donors (Lipinski definition) is 2. The average molecular weight is 199 g/mol. The summed E-state index contributed by atoms with van der Waals surface area (Å²) < 4.78 is 0. The normalized spacial score (nSPS) is 26.7. The summed E-state index contributed by atoms with van der Waals surface area (Å²) in [6.07, 6.45) is 1.52. The number of carbonyl (C=O) groups is 2. The van der Waals surface area contributed by atoms with Crippen molar-refractivity contribution in [1.29, 1.82) is 0 Å². The lowest BCUT2D eigenvalue weighted by atomic mass is 10.1. The van der Waals surface area contributed by atoms with E-state index in [-0.39, 0.29) is 11.8 Å². The van der Waals surface area contributed by atoms with Gasteiger partial charge in [-0.2, -0.15) is 0 Å². The Kier molecular flexibility index (Phi) is 3.49. The maximum Gasteiger partial charge on any atom is 0.307 e. The van der Waals surface area contributed by atoms with Crippen LogP contribution in [0.5, 0.6) is 0 Å². The van der Waals surface area contributed by atoms with Crippen molar-refractivity contribution in [2.24, 2.45) is 17.8 Å². The molecular formula is C10H17NO3. The monoisotopic (exact) mass is 199 g/mol. The number of carboxylic acids is 1. The van der Waals surface area contributed by atoms with Crippen LogP contribution in [-0.2, 0) is 9.59 Å². The van der Waals surface area contributed by atoms with Gasteiger partial charge in [0.15, 0.2) is 0 Å². The van der Waals surface area contributed by atoms with Crippen LogP contribution >= 0.6 is 0 Å². The first-order valence-corrected chi connectivity index (χ1v) is 5.06. The van der Waals surface area contributed by atoms with Gasteiger partial charge in [-0.1, -0.05) is 20.3 Å². The van der Waals surface area contributed by atoms with E-state index >= 15 is 0 Å². The summed E-state index contributed by atoms with van der Waals surface area (Å²) in [5.74, 6) is -1.21. The van der Waals surface area contributed by atoms with E-state index in [1.807, 2.05) is 0 Å². The average Bonchev–Trinajstić information content (AvgIpc) is 2.92. The van der Waals surface area contributed by atoms with Crippen LogP contribution in [0.1, 0.15) is 26.7 Å². The highest BCUT2D eigenvalue weighted by atomic mass is 16.4. The van der Waals surface area contributed by atoms with Crippen molar-refractivity contribution < 1.29 is 14.7 Å². The lowest BCUT2D eigenvalue weighted by Gasteiger charge is -2.09. The summed E-state index contributed by atoms with van der Waals surface area (Å²) in [5.41, 5.74) is 0. The summed E-state index contributed by atoms with van der Waals surface area (Å²) in [7, 11) is 0. The third kappa shape index (κ3) is 2.72. The van der Waals surface area contributed by atoms with Crippen molar-refractivity contribution in [3.63, 3.8) is 0 Å². The summed E-state index contributed by atoms with van der Waals surface area (Å²) in [6.45, 7) is 4.77. The zero-order valence-electron chi connectivity index (χ0n) is 8.62. The fourth-order valence-corrected chi connectivity index (χ4v) is 1.31. The molecule has 4 heteroatoms. The Morgan fingerprint density at radius 2 is 2.14 bits per heavy atom. The van der Waals surface area contributed by atoms with Gasteiger partial charge in [0.25, 0.3) is 0 Å². The van der Waals surface area contributed by atoms with E-state index in [9.17, 15) is 9.59 Å². The molecule has 1 rings (SSSR count).